The number of hydrogen-bond acceptors (Lipinski definition) is 4. The first kappa shape index (κ1) is 10.1. The topological polar surface area (TPSA) is 66.0 Å². The van der Waals surface area contributed by atoms with Gasteiger partial charge >= 0.3 is 0 Å². The summed E-state index contributed by atoms with van der Waals surface area (Å²) in [6, 6.07) is -0.103. The summed E-state index contributed by atoms with van der Waals surface area (Å²) in [5.41, 5.74) is 5.61. The predicted octanol–water partition coefficient (Wildman–Crippen LogP) is 0.334. The zero-order valence-corrected chi connectivity index (χ0v) is 8.10. The van der Waals surface area contributed by atoms with Gasteiger partial charge in [-0.25, -0.2) is 4.98 Å². The summed E-state index contributed by atoms with van der Waals surface area (Å²) in [6.45, 7) is 5.96. The summed E-state index contributed by atoms with van der Waals surface area (Å²) in [5.74, 6) is 0.677. The summed E-state index contributed by atoms with van der Waals surface area (Å²) in [7, 11) is 0. The Balaban J connectivity index is 2.40. The van der Waals surface area contributed by atoms with Crippen LogP contribution in [0.5, 0.6) is 0 Å². The molecular formula is C8H16N4O. The minimum Gasteiger partial charge on any atom is -0.380 e. The molecule has 1 atom stereocenters. The van der Waals surface area contributed by atoms with Gasteiger partial charge in [-0.15, -0.1) is 0 Å². The van der Waals surface area contributed by atoms with Crippen LogP contribution in [0.15, 0.2) is 6.33 Å². The predicted molar refractivity (Wildman–Crippen MR) is 49.1 cm³/mol. The largest absolute Gasteiger partial charge is 0.380 e. The van der Waals surface area contributed by atoms with Crippen LogP contribution in [0.25, 0.3) is 0 Å². The second kappa shape index (κ2) is 4.94. The van der Waals surface area contributed by atoms with Gasteiger partial charge in [0.25, 0.3) is 0 Å². The normalized spacial score (nSPS) is 13.2. The lowest BCUT2D eigenvalue weighted by Gasteiger charge is -2.00. The van der Waals surface area contributed by atoms with Crippen LogP contribution in [0.4, 0.5) is 0 Å². The fraction of sp³-hybridized carbons (Fsp3) is 0.750. The maximum absolute atomic E-state index is 5.61. The van der Waals surface area contributed by atoms with E-state index in [-0.39, 0.29) is 6.04 Å². The fourth-order valence-electron chi connectivity index (χ4n) is 0.928. The lowest BCUT2D eigenvalue weighted by atomic mass is 10.4. The van der Waals surface area contributed by atoms with E-state index in [9.17, 15) is 0 Å². The van der Waals surface area contributed by atoms with Gasteiger partial charge in [0, 0.05) is 6.61 Å². The molecule has 0 saturated carbocycles. The van der Waals surface area contributed by atoms with Crippen molar-refractivity contribution >= 4 is 0 Å². The van der Waals surface area contributed by atoms with Crippen LogP contribution in [0, 0.1) is 0 Å². The average Bonchev–Trinajstić information content (AvgIpc) is 2.53. The van der Waals surface area contributed by atoms with Crippen LogP contribution in [0.3, 0.4) is 0 Å². The molecule has 5 nitrogen and oxygen atoms in total. The Bertz CT molecular complexity index is 246. The van der Waals surface area contributed by atoms with Crippen molar-refractivity contribution in [2.45, 2.75) is 26.4 Å². The Morgan fingerprint density at radius 2 is 2.46 bits per heavy atom. The lowest BCUT2D eigenvalue weighted by Crippen LogP contribution is -2.10. The molecule has 1 aromatic heterocycles. The molecule has 0 saturated heterocycles. The SMILES string of the molecule is CCOCCn1cnc(C(C)N)n1. The highest BCUT2D eigenvalue weighted by atomic mass is 16.5. The van der Waals surface area contributed by atoms with Gasteiger partial charge in [-0.2, -0.15) is 5.10 Å². The molecule has 13 heavy (non-hydrogen) atoms. The fourth-order valence-corrected chi connectivity index (χ4v) is 0.928. The molecule has 1 heterocycles. The first-order valence-corrected chi connectivity index (χ1v) is 4.46. The molecule has 0 aliphatic heterocycles. The lowest BCUT2D eigenvalue weighted by molar-refractivity contribution is 0.136. The van der Waals surface area contributed by atoms with Crippen molar-refractivity contribution in [2.24, 2.45) is 5.73 Å². The van der Waals surface area contributed by atoms with Crippen molar-refractivity contribution in [3.8, 4) is 0 Å². The number of rotatable bonds is 5. The highest BCUT2D eigenvalue weighted by molar-refractivity contribution is 4.87. The van der Waals surface area contributed by atoms with Crippen LogP contribution < -0.4 is 5.73 Å². The second-order valence-electron chi connectivity index (χ2n) is 2.85. The smallest absolute Gasteiger partial charge is 0.166 e. The van der Waals surface area contributed by atoms with Crippen LogP contribution in [0.1, 0.15) is 25.7 Å². The zero-order chi connectivity index (χ0) is 9.68. The number of nitrogens with two attached hydrogens (primary N) is 1. The minimum absolute atomic E-state index is 0.103. The summed E-state index contributed by atoms with van der Waals surface area (Å²) in [6.07, 6.45) is 1.68. The van der Waals surface area contributed by atoms with E-state index in [0.717, 1.165) is 13.2 Å². The van der Waals surface area contributed by atoms with Crippen LogP contribution in [0.2, 0.25) is 0 Å². The number of nitrogens with zero attached hydrogens (tertiary/aromatic N) is 3. The van der Waals surface area contributed by atoms with Crippen molar-refractivity contribution in [1.29, 1.82) is 0 Å². The van der Waals surface area contributed by atoms with Gasteiger partial charge in [-0.05, 0) is 13.8 Å². The van der Waals surface area contributed by atoms with E-state index in [1.54, 1.807) is 11.0 Å². The highest BCUT2D eigenvalue weighted by Gasteiger charge is 2.04. The zero-order valence-electron chi connectivity index (χ0n) is 8.10. The Labute approximate surface area is 77.9 Å². The standard InChI is InChI=1S/C8H16N4O/c1-3-13-5-4-12-6-10-8(11-12)7(2)9/h6-7H,3-5,9H2,1-2H3. The van der Waals surface area contributed by atoms with Gasteiger partial charge in [0.05, 0.1) is 19.2 Å². The van der Waals surface area contributed by atoms with E-state index < -0.39 is 0 Å². The van der Waals surface area contributed by atoms with Crippen molar-refractivity contribution in [3.05, 3.63) is 12.2 Å². The monoisotopic (exact) mass is 184 g/mol. The Morgan fingerprint density at radius 3 is 3.00 bits per heavy atom. The van der Waals surface area contributed by atoms with E-state index >= 15 is 0 Å². The van der Waals surface area contributed by atoms with Crippen LogP contribution >= 0.6 is 0 Å². The Morgan fingerprint density at radius 1 is 1.69 bits per heavy atom. The third-order valence-corrected chi connectivity index (χ3v) is 1.63. The molecule has 5 heteroatoms. The third kappa shape index (κ3) is 3.12. The minimum atomic E-state index is -0.103. The molecule has 0 aliphatic carbocycles. The second-order valence-corrected chi connectivity index (χ2v) is 2.85. The van der Waals surface area contributed by atoms with Crippen molar-refractivity contribution < 1.29 is 4.74 Å². The Kier molecular flexibility index (Phi) is 3.85. The van der Waals surface area contributed by atoms with Gasteiger partial charge in [0.1, 0.15) is 6.33 Å². The number of aromatic nitrogens is 3. The van der Waals surface area contributed by atoms with E-state index in [1.807, 2.05) is 13.8 Å². The summed E-state index contributed by atoms with van der Waals surface area (Å²) in [4.78, 5) is 4.07. The maximum atomic E-state index is 5.61. The molecular weight excluding hydrogens is 168 g/mol. The van der Waals surface area contributed by atoms with Crippen LogP contribution in [-0.4, -0.2) is 28.0 Å². The third-order valence-electron chi connectivity index (χ3n) is 1.63. The van der Waals surface area contributed by atoms with Crippen molar-refractivity contribution in [1.82, 2.24) is 14.8 Å². The summed E-state index contributed by atoms with van der Waals surface area (Å²) in [5, 5.41) is 4.18. The number of ether oxygens (including phenoxy) is 1. The molecule has 0 bridgehead atoms. The van der Waals surface area contributed by atoms with E-state index in [4.69, 9.17) is 10.5 Å². The van der Waals surface area contributed by atoms with Gasteiger partial charge in [0.2, 0.25) is 0 Å². The quantitative estimate of drug-likeness (QED) is 0.670. The molecule has 0 amide bonds. The highest BCUT2D eigenvalue weighted by Crippen LogP contribution is 2.00. The molecule has 1 unspecified atom stereocenters. The van der Waals surface area contributed by atoms with E-state index in [0.29, 0.717) is 12.4 Å². The molecule has 2 N–H and O–H groups in total. The molecule has 0 aliphatic rings. The molecule has 0 radical (unpaired) electrons. The van der Waals surface area contributed by atoms with Gasteiger partial charge in [-0.1, -0.05) is 0 Å². The first-order valence-electron chi connectivity index (χ1n) is 4.46. The first-order chi connectivity index (χ1) is 6.24. The number of hydrogen-bond donors (Lipinski definition) is 1. The molecule has 0 fully saturated rings. The molecule has 0 aromatic carbocycles. The molecule has 0 spiro atoms. The van der Waals surface area contributed by atoms with Gasteiger partial charge < -0.3 is 10.5 Å². The Hall–Kier alpha value is -0.940. The van der Waals surface area contributed by atoms with Gasteiger partial charge in [0.15, 0.2) is 5.82 Å². The van der Waals surface area contributed by atoms with Crippen molar-refractivity contribution in [2.75, 3.05) is 13.2 Å². The van der Waals surface area contributed by atoms with E-state index in [1.165, 1.54) is 0 Å². The maximum Gasteiger partial charge on any atom is 0.166 e. The summed E-state index contributed by atoms with van der Waals surface area (Å²) < 4.78 is 6.93. The summed E-state index contributed by atoms with van der Waals surface area (Å²) >= 11 is 0. The van der Waals surface area contributed by atoms with Gasteiger partial charge in [-0.3, -0.25) is 4.68 Å². The van der Waals surface area contributed by atoms with E-state index in [2.05, 4.69) is 10.1 Å². The molecule has 1 rings (SSSR count). The van der Waals surface area contributed by atoms with Crippen LogP contribution in [-0.2, 0) is 11.3 Å². The average molecular weight is 184 g/mol. The molecule has 74 valence electrons. The van der Waals surface area contributed by atoms with Crippen molar-refractivity contribution in [3.63, 3.8) is 0 Å². The molecule has 1 aromatic rings.